The van der Waals surface area contributed by atoms with Gasteiger partial charge in [-0.05, 0) is 52.4 Å². The van der Waals surface area contributed by atoms with Crippen molar-refractivity contribution in [3.63, 3.8) is 0 Å². The van der Waals surface area contributed by atoms with Gasteiger partial charge >= 0.3 is 0 Å². The first kappa shape index (κ1) is 10.4. The standard InChI is InChI=1S/C13H10IN/c14-13-7-2-1-5-11(13)8-9-12-6-3-4-10-15-12/h1-10H. The highest BCUT2D eigenvalue weighted by Gasteiger charge is 1.92. The van der Waals surface area contributed by atoms with Crippen LogP contribution in [0.1, 0.15) is 11.3 Å². The van der Waals surface area contributed by atoms with Gasteiger partial charge in [0.05, 0.1) is 5.69 Å². The van der Waals surface area contributed by atoms with Gasteiger partial charge in [0.15, 0.2) is 0 Å². The third kappa shape index (κ3) is 2.89. The Bertz CT molecular complexity index is 463. The predicted octanol–water partition coefficient (Wildman–Crippen LogP) is 3.86. The van der Waals surface area contributed by atoms with Crippen molar-refractivity contribution in [2.45, 2.75) is 0 Å². The van der Waals surface area contributed by atoms with Gasteiger partial charge in [-0.25, -0.2) is 0 Å². The van der Waals surface area contributed by atoms with E-state index in [0.717, 1.165) is 5.69 Å². The zero-order valence-corrected chi connectivity index (χ0v) is 10.3. The van der Waals surface area contributed by atoms with Crippen LogP contribution in [0.5, 0.6) is 0 Å². The lowest BCUT2D eigenvalue weighted by molar-refractivity contribution is 1.30. The number of aromatic nitrogens is 1. The van der Waals surface area contributed by atoms with Crippen LogP contribution < -0.4 is 0 Å². The number of hydrogen-bond donors (Lipinski definition) is 0. The van der Waals surface area contributed by atoms with Crippen LogP contribution in [0.25, 0.3) is 12.2 Å². The molecule has 0 aliphatic heterocycles. The lowest BCUT2D eigenvalue weighted by atomic mass is 10.2. The van der Waals surface area contributed by atoms with E-state index in [0.29, 0.717) is 0 Å². The summed E-state index contributed by atoms with van der Waals surface area (Å²) >= 11 is 2.33. The Labute approximate surface area is 103 Å². The zero-order chi connectivity index (χ0) is 10.5. The maximum absolute atomic E-state index is 4.23. The summed E-state index contributed by atoms with van der Waals surface area (Å²) in [5, 5.41) is 0. The van der Waals surface area contributed by atoms with Gasteiger partial charge in [0.2, 0.25) is 0 Å². The molecule has 1 aromatic carbocycles. The van der Waals surface area contributed by atoms with Crippen molar-refractivity contribution in [3.8, 4) is 0 Å². The maximum atomic E-state index is 4.23. The number of rotatable bonds is 2. The second kappa shape index (κ2) is 5.07. The highest BCUT2D eigenvalue weighted by molar-refractivity contribution is 14.1. The van der Waals surface area contributed by atoms with E-state index in [2.05, 4.69) is 45.8 Å². The molecule has 15 heavy (non-hydrogen) atoms. The maximum Gasteiger partial charge on any atom is 0.0629 e. The lowest BCUT2D eigenvalue weighted by Crippen LogP contribution is -1.79. The van der Waals surface area contributed by atoms with Gasteiger partial charge in [-0.3, -0.25) is 4.98 Å². The summed E-state index contributed by atoms with van der Waals surface area (Å²) in [6, 6.07) is 14.2. The van der Waals surface area contributed by atoms with Gasteiger partial charge in [0, 0.05) is 9.77 Å². The summed E-state index contributed by atoms with van der Waals surface area (Å²) in [5.74, 6) is 0. The van der Waals surface area contributed by atoms with Crippen LogP contribution in [0.3, 0.4) is 0 Å². The summed E-state index contributed by atoms with van der Waals surface area (Å²) in [7, 11) is 0. The molecule has 0 unspecified atom stereocenters. The van der Waals surface area contributed by atoms with E-state index in [1.54, 1.807) is 6.20 Å². The number of nitrogens with zero attached hydrogens (tertiary/aromatic N) is 1. The van der Waals surface area contributed by atoms with E-state index < -0.39 is 0 Å². The average Bonchev–Trinajstić information content (AvgIpc) is 2.29. The molecule has 0 aliphatic carbocycles. The van der Waals surface area contributed by atoms with E-state index in [4.69, 9.17) is 0 Å². The highest BCUT2D eigenvalue weighted by Crippen LogP contribution is 2.14. The topological polar surface area (TPSA) is 12.9 Å². The van der Waals surface area contributed by atoms with Crippen LogP contribution in [0.15, 0.2) is 48.7 Å². The first-order valence-electron chi connectivity index (χ1n) is 4.70. The largest absolute Gasteiger partial charge is 0.257 e. The quantitative estimate of drug-likeness (QED) is 0.768. The molecule has 2 rings (SSSR count). The second-order valence-corrected chi connectivity index (χ2v) is 4.27. The Hall–Kier alpha value is -1.16. The molecular formula is C13H10IN. The molecular weight excluding hydrogens is 297 g/mol. The normalized spacial score (nSPS) is 10.7. The molecule has 1 aromatic heterocycles. The fraction of sp³-hybridized carbons (Fsp3) is 0. The molecule has 0 bridgehead atoms. The van der Waals surface area contributed by atoms with Crippen LogP contribution in [0, 0.1) is 3.57 Å². The first-order valence-corrected chi connectivity index (χ1v) is 5.78. The summed E-state index contributed by atoms with van der Waals surface area (Å²) in [4.78, 5) is 4.23. The van der Waals surface area contributed by atoms with Crippen molar-refractivity contribution in [2.24, 2.45) is 0 Å². The molecule has 0 amide bonds. The SMILES string of the molecule is Ic1ccccc1C=Cc1ccccn1. The minimum atomic E-state index is 0.983. The molecule has 74 valence electrons. The summed E-state index contributed by atoms with van der Waals surface area (Å²) < 4.78 is 1.25. The van der Waals surface area contributed by atoms with Gasteiger partial charge in [0.25, 0.3) is 0 Å². The van der Waals surface area contributed by atoms with Crippen molar-refractivity contribution in [1.29, 1.82) is 0 Å². The molecule has 0 fully saturated rings. The number of hydrogen-bond acceptors (Lipinski definition) is 1. The van der Waals surface area contributed by atoms with Gasteiger partial charge in [-0.2, -0.15) is 0 Å². The molecule has 0 spiro atoms. The number of pyridine rings is 1. The Morgan fingerprint density at radius 3 is 2.47 bits per heavy atom. The first-order chi connectivity index (χ1) is 7.36. The summed E-state index contributed by atoms with van der Waals surface area (Å²) in [6.45, 7) is 0. The molecule has 0 saturated carbocycles. The zero-order valence-electron chi connectivity index (χ0n) is 8.10. The fourth-order valence-electron chi connectivity index (χ4n) is 1.26. The van der Waals surface area contributed by atoms with Gasteiger partial charge in [-0.1, -0.05) is 30.3 Å². The van der Waals surface area contributed by atoms with Gasteiger partial charge in [0.1, 0.15) is 0 Å². The van der Waals surface area contributed by atoms with Crippen molar-refractivity contribution < 1.29 is 0 Å². The number of benzene rings is 1. The monoisotopic (exact) mass is 307 g/mol. The third-order valence-corrected chi connectivity index (χ3v) is 3.01. The molecule has 1 heterocycles. The molecule has 0 atom stereocenters. The molecule has 2 heteroatoms. The van der Waals surface area contributed by atoms with Crippen LogP contribution in [-0.2, 0) is 0 Å². The van der Waals surface area contributed by atoms with Crippen molar-refractivity contribution in [2.75, 3.05) is 0 Å². The molecule has 0 N–H and O–H groups in total. The van der Waals surface area contributed by atoms with E-state index in [-0.39, 0.29) is 0 Å². The molecule has 0 saturated heterocycles. The Morgan fingerprint density at radius 2 is 1.73 bits per heavy atom. The van der Waals surface area contributed by atoms with Crippen LogP contribution in [-0.4, -0.2) is 4.98 Å². The molecule has 2 aromatic rings. The van der Waals surface area contributed by atoms with Crippen LogP contribution >= 0.6 is 22.6 Å². The summed E-state index contributed by atoms with van der Waals surface area (Å²) in [5.41, 5.74) is 2.21. The highest BCUT2D eigenvalue weighted by atomic mass is 127. The lowest BCUT2D eigenvalue weighted by Gasteiger charge is -1.96. The minimum Gasteiger partial charge on any atom is -0.257 e. The van der Waals surface area contributed by atoms with Gasteiger partial charge < -0.3 is 0 Å². The van der Waals surface area contributed by atoms with E-state index >= 15 is 0 Å². The molecule has 0 aliphatic rings. The van der Waals surface area contributed by atoms with E-state index in [9.17, 15) is 0 Å². The van der Waals surface area contributed by atoms with Gasteiger partial charge in [-0.15, -0.1) is 0 Å². The minimum absolute atomic E-state index is 0.983. The van der Waals surface area contributed by atoms with E-state index in [1.165, 1.54) is 9.13 Å². The van der Waals surface area contributed by atoms with Crippen LogP contribution in [0.4, 0.5) is 0 Å². The smallest absolute Gasteiger partial charge is 0.0629 e. The Kier molecular flexibility index (Phi) is 3.50. The summed E-state index contributed by atoms with van der Waals surface area (Å²) in [6.07, 6.45) is 5.91. The van der Waals surface area contributed by atoms with E-state index in [1.807, 2.05) is 36.4 Å². The molecule has 1 nitrogen and oxygen atoms in total. The Morgan fingerprint density at radius 1 is 0.933 bits per heavy atom. The predicted molar refractivity (Wildman–Crippen MR) is 72.3 cm³/mol. The third-order valence-electron chi connectivity index (χ3n) is 2.03. The fourth-order valence-corrected chi connectivity index (χ4v) is 1.83. The van der Waals surface area contributed by atoms with Crippen molar-refractivity contribution in [3.05, 3.63) is 63.5 Å². The van der Waals surface area contributed by atoms with Crippen molar-refractivity contribution >= 4 is 34.7 Å². The van der Waals surface area contributed by atoms with Crippen LogP contribution in [0.2, 0.25) is 0 Å². The molecule has 0 radical (unpaired) electrons. The van der Waals surface area contributed by atoms with Crippen molar-refractivity contribution in [1.82, 2.24) is 4.98 Å². The number of halogens is 1. The second-order valence-electron chi connectivity index (χ2n) is 3.11. The average molecular weight is 307 g/mol. The Balaban J connectivity index is 2.23.